The zero-order valence-electron chi connectivity index (χ0n) is 16.6. The fourth-order valence-electron chi connectivity index (χ4n) is 3.81. The molecule has 0 fully saturated rings. The fraction of sp³-hybridized carbons (Fsp3) is 0.238. The van der Waals surface area contributed by atoms with Crippen molar-refractivity contribution in [3.8, 4) is 11.5 Å². The van der Waals surface area contributed by atoms with Crippen molar-refractivity contribution in [1.82, 2.24) is 9.78 Å². The van der Waals surface area contributed by atoms with Gasteiger partial charge in [0.05, 0.1) is 16.8 Å². The van der Waals surface area contributed by atoms with Crippen LogP contribution in [0.5, 0.6) is 11.5 Å². The number of ether oxygens (including phenoxy) is 2. The Balaban J connectivity index is 1.45. The van der Waals surface area contributed by atoms with Crippen molar-refractivity contribution in [2.45, 2.75) is 24.7 Å². The molecule has 0 saturated heterocycles. The molecule has 7 nitrogen and oxygen atoms in total. The minimum atomic E-state index is -4.58. The first-order chi connectivity index (χ1) is 15.7. The molecule has 0 aliphatic carbocycles. The molecule has 1 aromatic heterocycles. The third-order valence-corrected chi connectivity index (χ3v) is 5.95. The molecular weight excluding hydrogens is 484 g/mol. The second kappa shape index (κ2) is 8.03. The maximum absolute atomic E-state index is 13.9. The van der Waals surface area contributed by atoms with Gasteiger partial charge < -0.3 is 20.1 Å². The summed E-state index contributed by atoms with van der Waals surface area (Å²) in [4.78, 5) is 12.7. The predicted molar refractivity (Wildman–Crippen MR) is 115 cm³/mol. The first kappa shape index (κ1) is 21.7. The fourth-order valence-corrected chi connectivity index (χ4v) is 4.27. The van der Waals surface area contributed by atoms with Crippen molar-refractivity contribution >= 4 is 40.6 Å². The minimum absolute atomic E-state index is 0.0605. The van der Waals surface area contributed by atoms with Crippen molar-refractivity contribution in [3.63, 3.8) is 0 Å². The summed E-state index contributed by atoms with van der Waals surface area (Å²) in [6.07, 6.45) is -4.90. The zero-order valence-corrected chi connectivity index (χ0v) is 18.1. The van der Waals surface area contributed by atoms with Gasteiger partial charge in [-0.15, -0.1) is 0 Å². The van der Waals surface area contributed by atoms with Crippen LogP contribution < -0.4 is 20.1 Å². The van der Waals surface area contributed by atoms with Crippen LogP contribution in [0.15, 0.2) is 42.5 Å². The third kappa shape index (κ3) is 4.16. The Hall–Kier alpha value is -3.11. The number of benzene rings is 2. The van der Waals surface area contributed by atoms with Gasteiger partial charge in [-0.2, -0.15) is 18.3 Å². The second-order valence-electron chi connectivity index (χ2n) is 7.54. The summed E-state index contributed by atoms with van der Waals surface area (Å²) in [5, 5.41) is 10.1. The van der Waals surface area contributed by atoms with Gasteiger partial charge in [-0.3, -0.25) is 4.79 Å². The van der Waals surface area contributed by atoms with Crippen LogP contribution in [0, 0.1) is 0 Å². The maximum atomic E-state index is 13.9. The van der Waals surface area contributed by atoms with E-state index in [0.717, 1.165) is 4.68 Å². The van der Waals surface area contributed by atoms with Gasteiger partial charge in [0.25, 0.3) is 5.91 Å². The number of halogens is 5. The molecule has 0 spiro atoms. The van der Waals surface area contributed by atoms with Crippen LogP contribution in [0.25, 0.3) is 0 Å². The van der Waals surface area contributed by atoms with E-state index in [2.05, 4.69) is 15.7 Å². The van der Waals surface area contributed by atoms with Crippen LogP contribution in [0.2, 0.25) is 10.0 Å². The van der Waals surface area contributed by atoms with Crippen LogP contribution in [-0.2, 0) is 0 Å². The van der Waals surface area contributed by atoms with Gasteiger partial charge in [-0.05, 0) is 35.9 Å². The lowest BCUT2D eigenvalue weighted by Crippen LogP contribution is -2.35. The summed E-state index contributed by atoms with van der Waals surface area (Å²) >= 11 is 11.9. The highest BCUT2D eigenvalue weighted by Gasteiger charge is 2.47. The van der Waals surface area contributed by atoms with Crippen LogP contribution in [0.1, 0.15) is 34.6 Å². The molecule has 2 aliphatic rings. The van der Waals surface area contributed by atoms with E-state index in [9.17, 15) is 18.0 Å². The lowest BCUT2D eigenvalue weighted by molar-refractivity contribution is -0.173. The number of hydrogen-bond donors (Lipinski definition) is 2. The molecule has 3 aromatic rings. The van der Waals surface area contributed by atoms with Gasteiger partial charge in [0.15, 0.2) is 23.2 Å². The third-order valence-electron chi connectivity index (χ3n) is 5.40. The summed E-state index contributed by atoms with van der Waals surface area (Å²) < 4.78 is 53.1. The van der Waals surface area contributed by atoms with Crippen LogP contribution in [0.4, 0.5) is 24.7 Å². The molecule has 172 valence electrons. The van der Waals surface area contributed by atoms with Gasteiger partial charge in [-0.25, -0.2) is 4.68 Å². The Labute approximate surface area is 195 Å². The normalized spacial score (nSPS) is 19.1. The lowest BCUT2D eigenvalue weighted by atomic mass is 9.96. The predicted octanol–water partition coefficient (Wildman–Crippen LogP) is 5.83. The lowest BCUT2D eigenvalue weighted by Gasteiger charge is -2.33. The molecule has 2 N–H and O–H groups in total. The Kier molecular flexibility index (Phi) is 5.29. The smallest absolute Gasteiger partial charge is 0.410 e. The van der Waals surface area contributed by atoms with Crippen molar-refractivity contribution < 1.29 is 27.4 Å². The SMILES string of the molecule is O=C(Nc1ccc(Cl)cc1Cl)c1cc2n(n1)[C@H](C(F)(F)F)C[C@@H](c1ccc3c(c1)OCO3)N2. The van der Waals surface area contributed by atoms with Crippen molar-refractivity contribution in [3.05, 3.63) is 63.8 Å². The summed E-state index contributed by atoms with van der Waals surface area (Å²) in [5.74, 6) is 0.366. The average Bonchev–Trinajstić information content (AvgIpc) is 3.40. The monoisotopic (exact) mass is 498 g/mol. The van der Waals surface area contributed by atoms with E-state index in [1.54, 1.807) is 18.2 Å². The Morgan fingerprint density at radius 3 is 2.67 bits per heavy atom. The number of amides is 1. The number of alkyl halides is 3. The maximum Gasteiger partial charge on any atom is 0.410 e. The topological polar surface area (TPSA) is 77.4 Å². The molecule has 1 amide bonds. The first-order valence-electron chi connectivity index (χ1n) is 9.78. The molecule has 0 bridgehead atoms. The molecule has 3 heterocycles. The van der Waals surface area contributed by atoms with E-state index in [-0.39, 0.29) is 35.4 Å². The van der Waals surface area contributed by atoms with E-state index in [1.807, 2.05) is 0 Å². The number of nitrogens with zero attached hydrogens (tertiary/aromatic N) is 2. The number of fused-ring (bicyclic) bond motifs is 2. The molecule has 0 radical (unpaired) electrons. The second-order valence-corrected chi connectivity index (χ2v) is 8.38. The number of carbonyl (C=O) groups excluding carboxylic acids is 1. The molecule has 0 saturated carbocycles. The summed E-state index contributed by atoms with van der Waals surface area (Å²) in [5.41, 5.74) is 0.666. The Morgan fingerprint density at radius 1 is 1.12 bits per heavy atom. The Morgan fingerprint density at radius 2 is 1.91 bits per heavy atom. The summed E-state index contributed by atoms with van der Waals surface area (Å²) in [6.45, 7) is 0.0605. The molecular formula is C21H15Cl2F3N4O3. The molecule has 2 atom stereocenters. The highest BCUT2D eigenvalue weighted by atomic mass is 35.5. The highest BCUT2D eigenvalue weighted by Crippen LogP contribution is 2.45. The van der Waals surface area contributed by atoms with Gasteiger partial charge >= 0.3 is 6.18 Å². The number of rotatable bonds is 3. The minimum Gasteiger partial charge on any atom is -0.454 e. The van der Waals surface area contributed by atoms with Crippen molar-refractivity contribution in [2.75, 3.05) is 17.4 Å². The standard InChI is InChI=1S/C21H15Cl2F3N4O3/c22-11-2-3-13(12(23)6-11)28-20(31)15-8-19-27-14(7-18(21(24,25)26)30(19)29-15)10-1-4-16-17(5-10)33-9-32-16/h1-6,8,14,18,27H,7,9H2,(H,28,31)/t14-,18-/m0/s1. The number of nitrogens with one attached hydrogen (secondary N) is 2. The van der Waals surface area contributed by atoms with E-state index >= 15 is 0 Å². The quantitative estimate of drug-likeness (QED) is 0.474. The largest absolute Gasteiger partial charge is 0.454 e. The van der Waals surface area contributed by atoms with E-state index in [1.165, 1.54) is 24.3 Å². The summed E-state index contributed by atoms with van der Waals surface area (Å²) in [7, 11) is 0. The van der Waals surface area contributed by atoms with E-state index < -0.39 is 24.2 Å². The number of anilines is 2. The van der Waals surface area contributed by atoms with Crippen LogP contribution >= 0.6 is 23.2 Å². The summed E-state index contributed by atoms with van der Waals surface area (Å²) in [6, 6.07) is 8.11. The average molecular weight is 499 g/mol. The highest BCUT2D eigenvalue weighted by molar-refractivity contribution is 6.36. The van der Waals surface area contributed by atoms with Crippen molar-refractivity contribution in [2.24, 2.45) is 0 Å². The zero-order chi connectivity index (χ0) is 23.3. The van der Waals surface area contributed by atoms with Crippen LogP contribution in [-0.4, -0.2) is 28.7 Å². The number of hydrogen-bond acceptors (Lipinski definition) is 5. The molecule has 2 aromatic carbocycles. The first-order valence-corrected chi connectivity index (χ1v) is 10.5. The molecule has 12 heteroatoms. The Bertz CT molecular complexity index is 1250. The number of carbonyl (C=O) groups is 1. The molecule has 2 aliphatic heterocycles. The van der Waals surface area contributed by atoms with Gasteiger partial charge in [0.2, 0.25) is 6.79 Å². The molecule has 33 heavy (non-hydrogen) atoms. The number of aromatic nitrogens is 2. The van der Waals surface area contributed by atoms with Crippen molar-refractivity contribution in [1.29, 1.82) is 0 Å². The molecule has 5 rings (SSSR count). The van der Waals surface area contributed by atoms with E-state index in [0.29, 0.717) is 22.1 Å². The van der Waals surface area contributed by atoms with Gasteiger partial charge in [-0.1, -0.05) is 29.3 Å². The van der Waals surface area contributed by atoms with Crippen LogP contribution in [0.3, 0.4) is 0 Å². The van der Waals surface area contributed by atoms with Gasteiger partial charge in [0.1, 0.15) is 5.82 Å². The molecule has 0 unspecified atom stereocenters. The van der Waals surface area contributed by atoms with Gasteiger partial charge in [0, 0.05) is 17.5 Å². The van der Waals surface area contributed by atoms with E-state index in [4.69, 9.17) is 32.7 Å².